The molecule has 0 atom stereocenters. The van der Waals surface area contributed by atoms with Crippen molar-refractivity contribution in [1.29, 1.82) is 0 Å². The summed E-state index contributed by atoms with van der Waals surface area (Å²) in [5, 5.41) is 0. The van der Waals surface area contributed by atoms with Crippen molar-refractivity contribution in [1.82, 2.24) is 29.9 Å². The fourth-order valence-electron chi connectivity index (χ4n) is 6.81. The number of fused-ring (bicyclic) bond motifs is 4. The van der Waals surface area contributed by atoms with Crippen LogP contribution in [-0.2, 0) is 0 Å². The van der Waals surface area contributed by atoms with Crippen LogP contribution in [0.15, 0.2) is 169 Å². The lowest BCUT2D eigenvalue weighted by atomic mass is 9.97. The summed E-state index contributed by atoms with van der Waals surface area (Å²) in [6, 6.07) is 46.1. The topological polar surface area (TPSA) is 93.1 Å². The summed E-state index contributed by atoms with van der Waals surface area (Å²) in [7, 11) is 0. The molecule has 52 heavy (non-hydrogen) atoms. The summed E-state index contributed by atoms with van der Waals surface area (Å²) in [6.45, 7) is 0. The normalized spacial score (nSPS) is 12.6. The first kappa shape index (κ1) is 30.0. The van der Waals surface area contributed by atoms with Crippen LogP contribution in [0.5, 0.6) is 11.5 Å². The minimum atomic E-state index is 0.567. The number of rotatable bonds is 5. The monoisotopic (exact) mass is 690 g/mol. The summed E-state index contributed by atoms with van der Waals surface area (Å²) in [4.78, 5) is 33.4. The van der Waals surface area contributed by atoms with Crippen molar-refractivity contribution < 1.29 is 4.74 Å². The van der Waals surface area contributed by atoms with Gasteiger partial charge in [0.25, 0.3) is 0 Å². The SMILES string of the molecule is c1ccc2c(c1)Oc1ccccc1N2c1cc(-c2cc(-c3ncncn3)cc(N3c4ccccc4Sc4ccccc43)c2)cc(-c2ncncn2)c1. The molecule has 0 saturated heterocycles. The van der Waals surface area contributed by atoms with Crippen LogP contribution in [0.1, 0.15) is 0 Å². The summed E-state index contributed by atoms with van der Waals surface area (Å²) >= 11 is 1.78. The number of anilines is 6. The number of hydrogen-bond donors (Lipinski definition) is 0. The van der Waals surface area contributed by atoms with Gasteiger partial charge in [-0.2, -0.15) is 0 Å². The van der Waals surface area contributed by atoms with Gasteiger partial charge in [0, 0.05) is 32.3 Å². The van der Waals surface area contributed by atoms with Crippen molar-refractivity contribution in [2.75, 3.05) is 9.80 Å². The molecule has 2 aliphatic rings. The second-order valence-electron chi connectivity index (χ2n) is 12.2. The van der Waals surface area contributed by atoms with Crippen LogP contribution in [-0.4, -0.2) is 29.9 Å². The van der Waals surface area contributed by atoms with E-state index >= 15 is 0 Å². The number of para-hydroxylation sites is 6. The largest absolute Gasteiger partial charge is 0.453 e. The van der Waals surface area contributed by atoms with Gasteiger partial charge in [-0.1, -0.05) is 60.3 Å². The minimum Gasteiger partial charge on any atom is -0.453 e. The molecular formula is C42H26N8OS. The second kappa shape index (κ2) is 12.4. The maximum Gasteiger partial charge on any atom is 0.162 e. The third kappa shape index (κ3) is 5.21. The van der Waals surface area contributed by atoms with Gasteiger partial charge >= 0.3 is 0 Å². The first-order chi connectivity index (χ1) is 25.8. The molecule has 4 heterocycles. The summed E-state index contributed by atoms with van der Waals surface area (Å²) in [6.07, 6.45) is 6.11. The zero-order valence-electron chi connectivity index (χ0n) is 27.4. The van der Waals surface area contributed by atoms with E-state index in [1.807, 2.05) is 36.4 Å². The van der Waals surface area contributed by atoms with Crippen molar-refractivity contribution in [2.24, 2.45) is 0 Å². The Balaban J connectivity index is 1.23. The van der Waals surface area contributed by atoms with Crippen molar-refractivity contribution in [3.8, 4) is 45.4 Å². The molecule has 0 N–H and O–H groups in total. The molecule has 0 bridgehead atoms. The Bertz CT molecular complexity index is 2350. The summed E-state index contributed by atoms with van der Waals surface area (Å²) in [5.74, 6) is 2.69. The molecule has 10 heteroatoms. The van der Waals surface area contributed by atoms with Crippen LogP contribution < -0.4 is 14.5 Å². The van der Waals surface area contributed by atoms with E-state index < -0.39 is 0 Å². The van der Waals surface area contributed by atoms with Gasteiger partial charge in [0.2, 0.25) is 0 Å². The Hall–Kier alpha value is -6.91. The Morgan fingerprint density at radius 3 is 1.27 bits per heavy atom. The smallest absolute Gasteiger partial charge is 0.162 e. The van der Waals surface area contributed by atoms with Gasteiger partial charge in [0.05, 0.1) is 22.7 Å². The third-order valence-corrected chi connectivity index (χ3v) is 10.2. The predicted octanol–water partition coefficient (Wildman–Crippen LogP) is 10.6. The molecule has 0 unspecified atom stereocenters. The number of ether oxygens (including phenoxy) is 1. The van der Waals surface area contributed by atoms with Gasteiger partial charge in [-0.3, -0.25) is 0 Å². The number of benzene rings is 6. The van der Waals surface area contributed by atoms with Crippen LogP contribution in [0.4, 0.5) is 34.1 Å². The summed E-state index contributed by atoms with van der Waals surface area (Å²) in [5.41, 5.74) is 9.59. The Morgan fingerprint density at radius 1 is 0.404 bits per heavy atom. The van der Waals surface area contributed by atoms with Crippen LogP contribution in [0, 0.1) is 0 Å². The Labute approximate surface area is 303 Å². The molecule has 0 spiro atoms. The van der Waals surface area contributed by atoms with Gasteiger partial charge < -0.3 is 14.5 Å². The van der Waals surface area contributed by atoms with Crippen molar-refractivity contribution >= 4 is 45.9 Å². The van der Waals surface area contributed by atoms with Gasteiger partial charge in [-0.15, -0.1) is 0 Å². The van der Waals surface area contributed by atoms with Gasteiger partial charge in [0.15, 0.2) is 23.1 Å². The molecule has 246 valence electrons. The molecule has 2 aliphatic heterocycles. The fraction of sp³-hybridized carbons (Fsp3) is 0. The van der Waals surface area contributed by atoms with Gasteiger partial charge in [-0.25, -0.2) is 29.9 Å². The van der Waals surface area contributed by atoms with E-state index in [2.05, 4.69) is 137 Å². The molecule has 10 rings (SSSR count). The molecule has 9 nitrogen and oxygen atoms in total. The van der Waals surface area contributed by atoms with E-state index in [1.165, 1.54) is 35.1 Å². The zero-order valence-corrected chi connectivity index (χ0v) is 28.2. The molecule has 6 aromatic carbocycles. The highest BCUT2D eigenvalue weighted by Crippen LogP contribution is 2.53. The second-order valence-corrected chi connectivity index (χ2v) is 13.3. The maximum atomic E-state index is 6.36. The third-order valence-electron chi connectivity index (χ3n) is 9.05. The number of nitrogens with zero attached hydrogens (tertiary/aromatic N) is 8. The van der Waals surface area contributed by atoms with E-state index in [0.29, 0.717) is 11.6 Å². The lowest BCUT2D eigenvalue weighted by Crippen LogP contribution is -2.16. The molecular weight excluding hydrogens is 665 g/mol. The number of hydrogen-bond acceptors (Lipinski definition) is 10. The van der Waals surface area contributed by atoms with Crippen molar-refractivity contribution in [2.45, 2.75) is 9.79 Å². The molecule has 8 aromatic rings. The van der Waals surface area contributed by atoms with E-state index in [1.54, 1.807) is 11.8 Å². The maximum absolute atomic E-state index is 6.36. The van der Waals surface area contributed by atoms with E-state index in [0.717, 1.165) is 67.9 Å². The quantitative estimate of drug-likeness (QED) is 0.174. The zero-order chi connectivity index (χ0) is 34.4. The molecule has 0 radical (unpaired) electrons. The lowest BCUT2D eigenvalue weighted by Gasteiger charge is -2.34. The summed E-state index contributed by atoms with van der Waals surface area (Å²) < 4.78 is 6.36. The van der Waals surface area contributed by atoms with Crippen LogP contribution in [0.25, 0.3) is 33.9 Å². The molecule has 0 fully saturated rings. The fourth-order valence-corrected chi connectivity index (χ4v) is 7.87. The van der Waals surface area contributed by atoms with E-state index in [9.17, 15) is 0 Å². The highest BCUT2D eigenvalue weighted by molar-refractivity contribution is 7.99. The standard InChI is InChI=1S/C42H26N8OS/c1-5-13-37-33(9-1)49(34-10-2-6-14-38(34)51-37)31-19-27(17-29(21-31)41-45-23-43-24-46-41)28-18-30(42-47-25-44-26-48-42)22-32(20-28)50-35-11-3-7-15-39(35)52-40-16-8-4-12-36(40)50/h1-26H. The predicted molar refractivity (Wildman–Crippen MR) is 203 cm³/mol. The molecule has 0 aliphatic carbocycles. The average molecular weight is 691 g/mol. The Morgan fingerprint density at radius 2 is 0.788 bits per heavy atom. The molecule has 0 amide bonds. The first-order valence-electron chi connectivity index (χ1n) is 16.6. The number of aromatic nitrogens is 6. The van der Waals surface area contributed by atoms with Crippen LogP contribution >= 0.6 is 11.8 Å². The minimum absolute atomic E-state index is 0.567. The van der Waals surface area contributed by atoms with Crippen molar-refractivity contribution in [3.63, 3.8) is 0 Å². The van der Waals surface area contributed by atoms with E-state index in [-0.39, 0.29) is 0 Å². The van der Waals surface area contributed by atoms with Gasteiger partial charge in [0.1, 0.15) is 25.3 Å². The lowest BCUT2D eigenvalue weighted by molar-refractivity contribution is 0.477. The average Bonchev–Trinajstić information content (AvgIpc) is 3.22. The molecule has 0 saturated carbocycles. The van der Waals surface area contributed by atoms with Crippen molar-refractivity contribution in [3.05, 3.63) is 159 Å². The first-order valence-corrected chi connectivity index (χ1v) is 17.5. The highest BCUT2D eigenvalue weighted by atomic mass is 32.2. The van der Waals surface area contributed by atoms with E-state index in [4.69, 9.17) is 4.74 Å². The van der Waals surface area contributed by atoms with Crippen LogP contribution in [0.3, 0.4) is 0 Å². The highest BCUT2D eigenvalue weighted by Gasteiger charge is 2.28. The Kier molecular flexibility index (Phi) is 7.17. The van der Waals surface area contributed by atoms with Crippen LogP contribution in [0.2, 0.25) is 0 Å². The molecule has 2 aromatic heterocycles. The van der Waals surface area contributed by atoms with Gasteiger partial charge in [-0.05, 0) is 96.1 Å².